The van der Waals surface area contributed by atoms with Crippen LogP contribution in [0.2, 0.25) is 0 Å². The molecule has 4 rings (SSSR count). The van der Waals surface area contributed by atoms with Gasteiger partial charge in [-0.25, -0.2) is 0 Å². The van der Waals surface area contributed by atoms with E-state index in [-0.39, 0.29) is 18.1 Å². The second-order valence-electron chi connectivity index (χ2n) is 7.45. The molecule has 0 aliphatic rings. The standard InChI is InChI=1S/C27H22N2O5/c1-33-27-15-5-20(18-22(27)19-34-25-12-10-24(11-13-25)29(31)32)4-14-26(30)21-6-8-23(9-7-21)28-16-2-3-17-28/h2-18H,19H2,1H3/b14-4+. The van der Waals surface area contributed by atoms with E-state index in [2.05, 4.69) is 0 Å². The molecule has 7 heteroatoms. The normalized spacial score (nSPS) is 10.9. The van der Waals surface area contributed by atoms with Crippen LogP contribution < -0.4 is 9.47 Å². The third-order valence-corrected chi connectivity index (χ3v) is 5.23. The zero-order valence-electron chi connectivity index (χ0n) is 18.5. The third kappa shape index (κ3) is 5.39. The summed E-state index contributed by atoms with van der Waals surface area (Å²) in [5.41, 5.74) is 3.19. The van der Waals surface area contributed by atoms with Gasteiger partial charge in [0.2, 0.25) is 0 Å². The molecule has 0 radical (unpaired) electrons. The SMILES string of the molecule is COc1ccc(/C=C/C(=O)c2ccc(-n3cccc3)cc2)cc1COc1ccc([N+](=O)[O-])cc1. The van der Waals surface area contributed by atoms with Gasteiger partial charge in [-0.3, -0.25) is 14.9 Å². The molecule has 0 atom stereocenters. The zero-order valence-corrected chi connectivity index (χ0v) is 18.5. The molecule has 0 fully saturated rings. The summed E-state index contributed by atoms with van der Waals surface area (Å²) in [5.74, 6) is 1.05. The van der Waals surface area contributed by atoms with Crippen molar-refractivity contribution in [3.8, 4) is 17.2 Å². The molecule has 170 valence electrons. The fraction of sp³-hybridized carbons (Fsp3) is 0.0741. The summed E-state index contributed by atoms with van der Waals surface area (Å²) < 4.78 is 13.2. The van der Waals surface area contributed by atoms with Crippen molar-refractivity contribution in [3.05, 3.63) is 124 Å². The molecule has 7 nitrogen and oxygen atoms in total. The van der Waals surface area contributed by atoms with Crippen molar-refractivity contribution in [1.29, 1.82) is 0 Å². The Bertz CT molecular complexity index is 1310. The number of hydrogen-bond acceptors (Lipinski definition) is 5. The Morgan fingerprint density at radius 1 is 1.00 bits per heavy atom. The van der Waals surface area contributed by atoms with E-state index in [0.29, 0.717) is 17.1 Å². The maximum Gasteiger partial charge on any atom is 0.269 e. The molecule has 4 aromatic rings. The molecule has 0 N–H and O–H groups in total. The van der Waals surface area contributed by atoms with E-state index in [1.807, 2.05) is 59.4 Å². The number of allylic oxidation sites excluding steroid dienone is 1. The Balaban J connectivity index is 1.44. The number of nitrogens with zero attached hydrogens (tertiary/aromatic N) is 2. The number of ketones is 1. The summed E-state index contributed by atoms with van der Waals surface area (Å²) in [6.45, 7) is 0.206. The Hall–Kier alpha value is -4.65. The van der Waals surface area contributed by atoms with Gasteiger partial charge in [-0.05, 0) is 72.3 Å². The number of methoxy groups -OCH3 is 1. The maximum absolute atomic E-state index is 12.6. The molecular weight excluding hydrogens is 432 g/mol. The van der Waals surface area contributed by atoms with Crippen LogP contribution >= 0.6 is 0 Å². The van der Waals surface area contributed by atoms with Gasteiger partial charge in [0.1, 0.15) is 18.1 Å². The van der Waals surface area contributed by atoms with Crippen LogP contribution in [-0.4, -0.2) is 22.4 Å². The Morgan fingerprint density at radius 2 is 1.71 bits per heavy atom. The van der Waals surface area contributed by atoms with Crippen LogP contribution in [0.25, 0.3) is 11.8 Å². The van der Waals surface area contributed by atoms with Gasteiger partial charge in [0, 0.05) is 41.3 Å². The molecule has 1 heterocycles. The minimum absolute atomic E-state index is 0.00101. The quantitative estimate of drug-likeness (QED) is 0.137. The average molecular weight is 454 g/mol. The third-order valence-electron chi connectivity index (χ3n) is 5.23. The molecule has 0 amide bonds. The molecule has 0 saturated heterocycles. The van der Waals surface area contributed by atoms with Gasteiger partial charge in [0.15, 0.2) is 5.78 Å². The fourth-order valence-electron chi connectivity index (χ4n) is 3.41. The number of rotatable bonds is 9. The van der Waals surface area contributed by atoms with E-state index in [9.17, 15) is 14.9 Å². The average Bonchev–Trinajstić information content (AvgIpc) is 3.41. The lowest BCUT2D eigenvalue weighted by Crippen LogP contribution is -2.00. The lowest BCUT2D eigenvalue weighted by molar-refractivity contribution is -0.384. The van der Waals surface area contributed by atoms with E-state index in [0.717, 1.165) is 16.8 Å². The number of carbonyl (C=O) groups excluding carboxylic acids is 1. The van der Waals surface area contributed by atoms with Crippen molar-refractivity contribution < 1.29 is 19.2 Å². The van der Waals surface area contributed by atoms with Gasteiger partial charge < -0.3 is 14.0 Å². The van der Waals surface area contributed by atoms with E-state index in [4.69, 9.17) is 9.47 Å². The molecule has 0 bridgehead atoms. The molecular formula is C27H22N2O5. The number of carbonyl (C=O) groups is 1. The van der Waals surface area contributed by atoms with Crippen LogP contribution in [0.4, 0.5) is 5.69 Å². The molecule has 0 spiro atoms. The number of ether oxygens (including phenoxy) is 2. The summed E-state index contributed by atoms with van der Waals surface area (Å²) in [4.78, 5) is 23.0. The molecule has 3 aromatic carbocycles. The zero-order chi connectivity index (χ0) is 23.9. The summed E-state index contributed by atoms with van der Waals surface area (Å²) >= 11 is 0. The predicted octanol–water partition coefficient (Wildman–Crippen LogP) is 5.87. The van der Waals surface area contributed by atoms with Gasteiger partial charge in [0.05, 0.1) is 12.0 Å². The highest BCUT2D eigenvalue weighted by Crippen LogP contribution is 2.24. The first-order chi connectivity index (χ1) is 16.5. The van der Waals surface area contributed by atoms with Gasteiger partial charge in [-0.2, -0.15) is 0 Å². The van der Waals surface area contributed by atoms with Crippen molar-refractivity contribution >= 4 is 17.5 Å². The highest BCUT2D eigenvalue weighted by molar-refractivity contribution is 6.06. The van der Waals surface area contributed by atoms with E-state index in [1.165, 1.54) is 18.2 Å². The number of benzene rings is 3. The van der Waals surface area contributed by atoms with Crippen LogP contribution in [0.5, 0.6) is 11.5 Å². The fourth-order valence-corrected chi connectivity index (χ4v) is 3.41. The molecule has 0 aliphatic carbocycles. The molecule has 0 unspecified atom stereocenters. The largest absolute Gasteiger partial charge is 0.496 e. The van der Waals surface area contributed by atoms with Gasteiger partial charge in [-0.1, -0.05) is 12.1 Å². The van der Waals surface area contributed by atoms with E-state index in [1.54, 1.807) is 37.5 Å². The van der Waals surface area contributed by atoms with Crippen molar-refractivity contribution in [3.63, 3.8) is 0 Å². The topological polar surface area (TPSA) is 83.6 Å². The van der Waals surface area contributed by atoms with Crippen LogP contribution in [0.3, 0.4) is 0 Å². The highest BCUT2D eigenvalue weighted by atomic mass is 16.6. The first-order valence-corrected chi connectivity index (χ1v) is 10.5. The Labute approximate surface area is 196 Å². The van der Waals surface area contributed by atoms with Crippen molar-refractivity contribution in [1.82, 2.24) is 4.57 Å². The lowest BCUT2D eigenvalue weighted by Gasteiger charge is -2.11. The first kappa shape index (κ1) is 22.5. The summed E-state index contributed by atoms with van der Waals surface area (Å²) in [5, 5.41) is 10.8. The van der Waals surface area contributed by atoms with Crippen molar-refractivity contribution in [2.45, 2.75) is 6.61 Å². The first-order valence-electron chi connectivity index (χ1n) is 10.5. The Morgan fingerprint density at radius 3 is 2.35 bits per heavy atom. The second-order valence-corrected chi connectivity index (χ2v) is 7.45. The van der Waals surface area contributed by atoms with Gasteiger partial charge >= 0.3 is 0 Å². The number of non-ortho nitro benzene ring substituents is 1. The highest BCUT2D eigenvalue weighted by Gasteiger charge is 2.08. The minimum Gasteiger partial charge on any atom is -0.496 e. The maximum atomic E-state index is 12.6. The number of nitro groups is 1. The summed E-state index contributed by atoms with van der Waals surface area (Å²) in [6.07, 6.45) is 7.18. The van der Waals surface area contributed by atoms with Crippen LogP contribution in [0, 0.1) is 10.1 Å². The molecule has 0 saturated carbocycles. The van der Waals surface area contributed by atoms with Gasteiger partial charge in [0.25, 0.3) is 5.69 Å². The van der Waals surface area contributed by atoms with Crippen LogP contribution in [-0.2, 0) is 6.61 Å². The molecule has 1 aromatic heterocycles. The number of aromatic nitrogens is 1. The monoisotopic (exact) mass is 454 g/mol. The predicted molar refractivity (Wildman–Crippen MR) is 130 cm³/mol. The lowest BCUT2D eigenvalue weighted by atomic mass is 10.1. The van der Waals surface area contributed by atoms with Crippen LogP contribution in [0.15, 0.2) is 97.3 Å². The number of nitro benzene ring substituents is 1. The van der Waals surface area contributed by atoms with Crippen molar-refractivity contribution in [2.24, 2.45) is 0 Å². The summed E-state index contributed by atoms with van der Waals surface area (Å²) in [6, 6.07) is 22.7. The van der Waals surface area contributed by atoms with Crippen LogP contribution in [0.1, 0.15) is 21.5 Å². The summed E-state index contributed by atoms with van der Waals surface area (Å²) in [7, 11) is 1.57. The Kier molecular flexibility index (Phi) is 6.84. The van der Waals surface area contributed by atoms with E-state index >= 15 is 0 Å². The van der Waals surface area contributed by atoms with Gasteiger partial charge in [-0.15, -0.1) is 0 Å². The van der Waals surface area contributed by atoms with E-state index < -0.39 is 4.92 Å². The smallest absolute Gasteiger partial charge is 0.269 e. The van der Waals surface area contributed by atoms with Crippen molar-refractivity contribution in [2.75, 3.05) is 7.11 Å². The minimum atomic E-state index is -0.458. The number of hydrogen-bond donors (Lipinski definition) is 0. The molecule has 0 aliphatic heterocycles. The molecule has 34 heavy (non-hydrogen) atoms. The second kappa shape index (κ2) is 10.3.